The summed E-state index contributed by atoms with van der Waals surface area (Å²) in [6, 6.07) is 0. The molecule has 0 bridgehead atoms. The molecule has 0 saturated carbocycles. The summed E-state index contributed by atoms with van der Waals surface area (Å²) < 4.78 is 0. The Kier molecular flexibility index (Phi) is 6.18. The molecule has 0 rings (SSSR count). The molecule has 0 aromatic rings. The third-order valence-corrected chi connectivity index (χ3v) is 2.37. The minimum atomic E-state index is 1.13. The van der Waals surface area contributed by atoms with Crippen LogP contribution in [0.2, 0.25) is 0 Å². The molecule has 80 valence electrons. The third-order valence-electron chi connectivity index (χ3n) is 2.37. The van der Waals surface area contributed by atoms with Crippen LogP contribution in [0.15, 0.2) is 27.9 Å². The molecule has 1 heteroatoms. The largest absolute Gasteiger partial charge is 0.258 e. The van der Waals surface area contributed by atoms with Gasteiger partial charge < -0.3 is 0 Å². The number of aliphatic imine (C=N–C) groups is 1. The number of allylic oxidation sites excluding steroid dienone is 4. The molecule has 0 spiro atoms. The van der Waals surface area contributed by atoms with Crippen LogP contribution >= 0.6 is 0 Å². The quantitative estimate of drug-likeness (QED) is 0.583. The van der Waals surface area contributed by atoms with Crippen molar-refractivity contribution in [2.24, 2.45) is 4.99 Å². The Balaban J connectivity index is 4.61. The first-order valence-corrected chi connectivity index (χ1v) is 5.35. The van der Waals surface area contributed by atoms with Crippen molar-refractivity contribution >= 4 is 5.71 Å². The highest BCUT2D eigenvalue weighted by atomic mass is 14.7. The second kappa shape index (κ2) is 6.58. The van der Waals surface area contributed by atoms with E-state index >= 15 is 0 Å². The second-order valence-corrected chi connectivity index (χ2v) is 3.96. The molecule has 0 amide bonds. The predicted octanol–water partition coefficient (Wildman–Crippen LogP) is 4.51. The topological polar surface area (TPSA) is 12.4 Å². The van der Waals surface area contributed by atoms with Gasteiger partial charge in [-0.25, -0.2) is 0 Å². The van der Waals surface area contributed by atoms with Gasteiger partial charge in [-0.2, -0.15) is 0 Å². The van der Waals surface area contributed by atoms with Crippen LogP contribution in [-0.4, -0.2) is 5.71 Å². The summed E-state index contributed by atoms with van der Waals surface area (Å²) in [5, 5.41) is 0. The lowest BCUT2D eigenvalue weighted by atomic mass is 10.1. The summed E-state index contributed by atoms with van der Waals surface area (Å²) in [6.07, 6.45) is 4.61. The molecule has 14 heavy (non-hydrogen) atoms. The van der Waals surface area contributed by atoms with E-state index in [1.807, 2.05) is 0 Å². The molecule has 0 saturated heterocycles. The normalized spacial score (nSPS) is 13.0. The maximum absolute atomic E-state index is 4.56. The van der Waals surface area contributed by atoms with Gasteiger partial charge in [-0.1, -0.05) is 25.0 Å². The van der Waals surface area contributed by atoms with Gasteiger partial charge in [-0.15, -0.1) is 0 Å². The van der Waals surface area contributed by atoms with Gasteiger partial charge in [0.05, 0.1) is 0 Å². The second-order valence-electron chi connectivity index (χ2n) is 3.96. The van der Waals surface area contributed by atoms with Crippen molar-refractivity contribution in [1.29, 1.82) is 0 Å². The molecule has 0 aromatic heterocycles. The average Bonchev–Trinajstić information content (AvgIpc) is 2.13. The predicted molar refractivity (Wildman–Crippen MR) is 65.8 cm³/mol. The molecule has 0 aliphatic carbocycles. The van der Waals surface area contributed by atoms with E-state index in [9.17, 15) is 0 Å². The lowest BCUT2D eigenvalue weighted by molar-refractivity contribution is 0.953. The molecule has 0 aromatic carbocycles. The van der Waals surface area contributed by atoms with Crippen LogP contribution < -0.4 is 0 Å². The molecule has 0 atom stereocenters. The van der Waals surface area contributed by atoms with Gasteiger partial charge in [0.15, 0.2) is 0 Å². The highest BCUT2D eigenvalue weighted by Gasteiger charge is 1.95. The summed E-state index contributed by atoms with van der Waals surface area (Å²) in [5.74, 6) is 0. The summed E-state index contributed by atoms with van der Waals surface area (Å²) >= 11 is 0. The van der Waals surface area contributed by atoms with Gasteiger partial charge in [-0.05, 0) is 46.6 Å². The van der Waals surface area contributed by atoms with E-state index in [1.54, 1.807) is 0 Å². The fourth-order valence-corrected chi connectivity index (χ4v) is 0.960. The number of hydrogen-bond acceptors (Lipinski definition) is 1. The minimum Gasteiger partial charge on any atom is -0.258 e. The van der Waals surface area contributed by atoms with Crippen molar-refractivity contribution in [3.63, 3.8) is 0 Å². The first-order valence-electron chi connectivity index (χ1n) is 5.35. The number of unbranched alkanes of at least 4 members (excludes halogenated alkanes) is 1. The maximum atomic E-state index is 4.56. The highest BCUT2D eigenvalue weighted by molar-refractivity contribution is 5.98. The Labute approximate surface area is 88.6 Å². The molecule has 0 aliphatic rings. The molecule has 0 N–H and O–H groups in total. The summed E-state index contributed by atoms with van der Waals surface area (Å²) in [7, 11) is 0. The molecule has 1 nitrogen and oxygen atoms in total. The van der Waals surface area contributed by atoms with Crippen molar-refractivity contribution in [1.82, 2.24) is 0 Å². The van der Waals surface area contributed by atoms with Gasteiger partial charge in [-0.3, -0.25) is 4.99 Å². The lowest BCUT2D eigenvalue weighted by Crippen LogP contribution is -1.94. The number of rotatable bonds is 4. The van der Waals surface area contributed by atoms with Crippen LogP contribution in [0, 0.1) is 0 Å². The van der Waals surface area contributed by atoms with Crippen molar-refractivity contribution < 1.29 is 0 Å². The van der Waals surface area contributed by atoms with Gasteiger partial charge in [0.25, 0.3) is 0 Å². The summed E-state index contributed by atoms with van der Waals surface area (Å²) in [6.45, 7) is 12.7. The Morgan fingerprint density at radius 3 is 2.07 bits per heavy atom. The van der Waals surface area contributed by atoms with E-state index in [1.165, 1.54) is 17.6 Å². The first-order chi connectivity index (χ1) is 6.49. The summed E-state index contributed by atoms with van der Waals surface area (Å²) in [4.78, 5) is 4.56. The third kappa shape index (κ3) is 5.00. The van der Waals surface area contributed by atoms with Crippen LogP contribution in [0.1, 0.15) is 54.4 Å². The van der Waals surface area contributed by atoms with Crippen molar-refractivity contribution in [2.75, 3.05) is 0 Å². The van der Waals surface area contributed by atoms with Gasteiger partial charge in [0, 0.05) is 11.4 Å². The van der Waals surface area contributed by atoms with Crippen LogP contribution in [0.25, 0.3) is 0 Å². The van der Waals surface area contributed by atoms with Crippen LogP contribution in [0.4, 0.5) is 0 Å². The minimum absolute atomic E-state index is 1.13. The first kappa shape index (κ1) is 13.2. The van der Waals surface area contributed by atoms with E-state index in [-0.39, 0.29) is 0 Å². The van der Waals surface area contributed by atoms with E-state index in [2.05, 4.69) is 52.6 Å². The van der Waals surface area contributed by atoms with E-state index in [4.69, 9.17) is 0 Å². The van der Waals surface area contributed by atoms with E-state index in [0.717, 1.165) is 17.8 Å². The Morgan fingerprint density at radius 1 is 1.07 bits per heavy atom. The zero-order valence-corrected chi connectivity index (χ0v) is 10.4. The Morgan fingerprint density at radius 2 is 1.64 bits per heavy atom. The lowest BCUT2D eigenvalue weighted by Gasteiger charge is -2.02. The van der Waals surface area contributed by atoms with Crippen LogP contribution in [-0.2, 0) is 0 Å². The van der Waals surface area contributed by atoms with E-state index < -0.39 is 0 Å². The molecule has 0 aliphatic heterocycles. The Bertz CT molecular complexity index is 263. The maximum Gasteiger partial charge on any atom is 0.0401 e. The average molecular weight is 193 g/mol. The molecule has 0 heterocycles. The van der Waals surface area contributed by atoms with Crippen LogP contribution in [0.5, 0.6) is 0 Å². The molecular formula is C13H23N. The van der Waals surface area contributed by atoms with Gasteiger partial charge >= 0.3 is 0 Å². The SMILES string of the molecule is CCC/C=C(\C)C(C)=NC(C)=C(C)C. The highest BCUT2D eigenvalue weighted by Crippen LogP contribution is 2.08. The van der Waals surface area contributed by atoms with E-state index in [0.29, 0.717) is 0 Å². The van der Waals surface area contributed by atoms with Crippen LogP contribution in [0.3, 0.4) is 0 Å². The molecule has 0 unspecified atom stereocenters. The van der Waals surface area contributed by atoms with Crippen molar-refractivity contribution in [3.05, 3.63) is 22.9 Å². The smallest absolute Gasteiger partial charge is 0.0401 e. The number of nitrogens with zero attached hydrogens (tertiary/aromatic N) is 1. The monoisotopic (exact) mass is 193 g/mol. The Hall–Kier alpha value is -0.850. The fraction of sp³-hybridized carbons (Fsp3) is 0.615. The van der Waals surface area contributed by atoms with Gasteiger partial charge in [0.1, 0.15) is 0 Å². The molecule has 0 radical (unpaired) electrons. The standard InChI is InChI=1S/C13H23N/c1-7-8-9-11(4)13(6)14-12(5)10(2)3/h9H,7-8H2,1-6H3/b11-9+,14-13?. The molecular weight excluding hydrogens is 170 g/mol. The zero-order valence-electron chi connectivity index (χ0n) is 10.4. The zero-order chi connectivity index (χ0) is 11.1. The number of hydrogen-bond donors (Lipinski definition) is 0. The van der Waals surface area contributed by atoms with Gasteiger partial charge in [0.2, 0.25) is 0 Å². The fourth-order valence-electron chi connectivity index (χ4n) is 0.960. The van der Waals surface area contributed by atoms with Crippen molar-refractivity contribution in [2.45, 2.75) is 54.4 Å². The molecule has 0 fully saturated rings. The van der Waals surface area contributed by atoms with Crippen molar-refractivity contribution in [3.8, 4) is 0 Å². The summed E-state index contributed by atoms with van der Waals surface area (Å²) in [5.41, 5.74) is 4.85.